The van der Waals surface area contributed by atoms with Crippen LogP contribution in [0, 0.1) is 5.82 Å². The molecule has 0 saturated heterocycles. The van der Waals surface area contributed by atoms with Gasteiger partial charge in [-0.05, 0) is 42.0 Å². The molecule has 0 aliphatic rings. The van der Waals surface area contributed by atoms with Gasteiger partial charge in [-0.25, -0.2) is 14.4 Å². The summed E-state index contributed by atoms with van der Waals surface area (Å²) < 4.78 is 20.2. The molecule has 0 fully saturated rings. The number of ether oxygens (including phenoxy) is 1. The van der Waals surface area contributed by atoms with Crippen molar-refractivity contribution < 1.29 is 18.7 Å². The van der Waals surface area contributed by atoms with Gasteiger partial charge in [-0.15, -0.1) is 0 Å². The number of amides is 1. The molecular formula is C25H21FN4O3. The number of benzene rings is 3. The summed E-state index contributed by atoms with van der Waals surface area (Å²) in [6.45, 7) is 0.128. The summed E-state index contributed by atoms with van der Waals surface area (Å²) in [4.78, 5) is 32.6. The van der Waals surface area contributed by atoms with Gasteiger partial charge in [0.2, 0.25) is 0 Å². The Balaban J connectivity index is 1.53. The number of primary amides is 1. The van der Waals surface area contributed by atoms with Crippen LogP contribution in [0.1, 0.15) is 31.8 Å². The molecule has 1 heterocycles. The summed E-state index contributed by atoms with van der Waals surface area (Å²) in [5.41, 5.74) is 7.29. The van der Waals surface area contributed by atoms with Crippen molar-refractivity contribution in [2.75, 3.05) is 12.4 Å². The van der Waals surface area contributed by atoms with E-state index in [0.29, 0.717) is 39.2 Å². The number of halogens is 1. The van der Waals surface area contributed by atoms with Crippen molar-refractivity contribution in [3.8, 4) is 5.75 Å². The molecule has 0 aliphatic carbocycles. The number of fused-ring (bicyclic) bond motifs is 1. The number of rotatable bonds is 8. The van der Waals surface area contributed by atoms with Crippen LogP contribution in [0.2, 0.25) is 0 Å². The third kappa shape index (κ3) is 4.64. The van der Waals surface area contributed by atoms with Gasteiger partial charge in [-0.1, -0.05) is 24.3 Å². The number of hydrogen-bond acceptors (Lipinski definition) is 6. The highest BCUT2D eigenvalue weighted by molar-refractivity contribution is 6.06. The molecule has 0 unspecified atom stereocenters. The third-order valence-corrected chi connectivity index (χ3v) is 5.30. The number of carbonyl (C=O) groups excluding carboxylic acids is 2. The largest absolute Gasteiger partial charge is 0.497 e. The minimum absolute atomic E-state index is 0.0651. The SMILES string of the molecule is COc1ccc(C(=O)Cc2cccc(CNc3ncnc4c(C(N)=O)cccc34)c2F)cc1. The van der Waals surface area contributed by atoms with Gasteiger partial charge in [0.15, 0.2) is 5.78 Å². The number of para-hydroxylation sites is 1. The maximum Gasteiger partial charge on any atom is 0.250 e. The monoisotopic (exact) mass is 444 g/mol. The Hall–Kier alpha value is -4.33. The zero-order valence-electron chi connectivity index (χ0n) is 17.8. The number of nitrogens with zero attached hydrogens (tertiary/aromatic N) is 2. The quantitative estimate of drug-likeness (QED) is 0.399. The van der Waals surface area contributed by atoms with Crippen molar-refractivity contribution >= 4 is 28.4 Å². The van der Waals surface area contributed by atoms with E-state index in [9.17, 15) is 9.59 Å². The Morgan fingerprint density at radius 1 is 1.00 bits per heavy atom. The summed E-state index contributed by atoms with van der Waals surface area (Å²) in [5, 5.41) is 3.69. The van der Waals surface area contributed by atoms with Crippen molar-refractivity contribution in [2.45, 2.75) is 13.0 Å². The summed E-state index contributed by atoms with van der Waals surface area (Å²) >= 11 is 0. The minimum Gasteiger partial charge on any atom is -0.497 e. The number of aromatic nitrogens is 2. The van der Waals surface area contributed by atoms with Gasteiger partial charge in [0, 0.05) is 29.5 Å². The number of hydrogen-bond donors (Lipinski definition) is 2. The van der Waals surface area contributed by atoms with Crippen LogP contribution in [0.4, 0.5) is 10.2 Å². The van der Waals surface area contributed by atoms with E-state index in [-0.39, 0.29) is 24.3 Å². The van der Waals surface area contributed by atoms with Crippen LogP contribution in [0.3, 0.4) is 0 Å². The van der Waals surface area contributed by atoms with Crippen LogP contribution in [-0.2, 0) is 13.0 Å². The molecule has 1 aromatic heterocycles. The van der Waals surface area contributed by atoms with Crippen molar-refractivity contribution in [2.24, 2.45) is 5.73 Å². The number of Topliss-reactive ketones (excluding diaryl/α,β-unsaturated/α-hetero) is 1. The van der Waals surface area contributed by atoms with Gasteiger partial charge < -0.3 is 15.8 Å². The molecule has 4 rings (SSSR count). The third-order valence-electron chi connectivity index (χ3n) is 5.30. The number of anilines is 1. The van der Waals surface area contributed by atoms with Crippen molar-refractivity contribution in [3.63, 3.8) is 0 Å². The van der Waals surface area contributed by atoms with Crippen LogP contribution >= 0.6 is 0 Å². The molecule has 8 heteroatoms. The Kier molecular flexibility index (Phi) is 6.26. The first-order chi connectivity index (χ1) is 16.0. The zero-order valence-corrected chi connectivity index (χ0v) is 17.8. The number of nitrogens with one attached hydrogen (secondary N) is 1. The maximum atomic E-state index is 15.1. The molecule has 0 saturated carbocycles. The Labute approximate surface area is 189 Å². The van der Waals surface area contributed by atoms with Crippen molar-refractivity contribution in [1.82, 2.24) is 9.97 Å². The van der Waals surface area contributed by atoms with Gasteiger partial charge in [0.1, 0.15) is 23.7 Å². The van der Waals surface area contributed by atoms with E-state index in [2.05, 4.69) is 15.3 Å². The van der Waals surface area contributed by atoms with Gasteiger partial charge in [-0.3, -0.25) is 9.59 Å². The highest BCUT2D eigenvalue weighted by Gasteiger charge is 2.15. The number of methoxy groups -OCH3 is 1. The fraction of sp³-hybridized carbons (Fsp3) is 0.120. The molecule has 0 bridgehead atoms. The summed E-state index contributed by atoms with van der Waals surface area (Å²) in [6.07, 6.45) is 1.25. The van der Waals surface area contributed by atoms with Crippen LogP contribution in [-0.4, -0.2) is 28.8 Å². The van der Waals surface area contributed by atoms with Crippen LogP contribution in [0.5, 0.6) is 5.75 Å². The van der Waals surface area contributed by atoms with Crippen LogP contribution in [0.15, 0.2) is 67.0 Å². The predicted octanol–water partition coefficient (Wildman–Crippen LogP) is 3.91. The number of carbonyl (C=O) groups is 2. The average molecular weight is 444 g/mol. The van der Waals surface area contributed by atoms with Crippen LogP contribution < -0.4 is 15.8 Å². The van der Waals surface area contributed by atoms with Gasteiger partial charge in [0.05, 0.1) is 18.2 Å². The van der Waals surface area contributed by atoms with E-state index >= 15 is 4.39 Å². The topological polar surface area (TPSA) is 107 Å². The highest BCUT2D eigenvalue weighted by atomic mass is 19.1. The fourth-order valence-corrected chi connectivity index (χ4v) is 3.56. The molecule has 0 spiro atoms. The van der Waals surface area contributed by atoms with Crippen LogP contribution in [0.25, 0.3) is 10.9 Å². The standard InChI is InChI=1S/C25H21FN4O3/c1-33-18-10-8-15(9-11-18)21(31)12-16-4-2-5-17(22(16)26)13-28-25-20-7-3-6-19(24(27)32)23(20)29-14-30-25/h2-11,14H,12-13H2,1H3,(H2,27,32)(H,28,29,30). The average Bonchev–Trinajstić information content (AvgIpc) is 2.84. The van der Waals surface area contributed by atoms with E-state index in [4.69, 9.17) is 10.5 Å². The molecule has 1 amide bonds. The van der Waals surface area contributed by atoms with E-state index in [0.717, 1.165) is 0 Å². The lowest BCUT2D eigenvalue weighted by Crippen LogP contribution is -2.13. The maximum absolute atomic E-state index is 15.1. The first-order valence-corrected chi connectivity index (χ1v) is 10.2. The van der Waals surface area contributed by atoms with E-state index in [1.807, 2.05) is 0 Å². The molecule has 0 radical (unpaired) electrons. The Bertz CT molecular complexity index is 1340. The minimum atomic E-state index is -0.592. The van der Waals surface area contributed by atoms with Gasteiger partial charge >= 0.3 is 0 Å². The molecule has 0 aliphatic heterocycles. The molecular weight excluding hydrogens is 423 g/mol. The Morgan fingerprint density at radius 2 is 1.73 bits per heavy atom. The smallest absolute Gasteiger partial charge is 0.250 e. The highest BCUT2D eigenvalue weighted by Crippen LogP contribution is 2.24. The molecule has 33 heavy (non-hydrogen) atoms. The predicted molar refractivity (Wildman–Crippen MR) is 123 cm³/mol. The molecule has 166 valence electrons. The van der Waals surface area contributed by atoms with Crippen molar-refractivity contribution in [3.05, 3.63) is 95.1 Å². The summed E-state index contributed by atoms with van der Waals surface area (Å²) in [7, 11) is 1.55. The lowest BCUT2D eigenvalue weighted by Gasteiger charge is -2.12. The molecule has 7 nitrogen and oxygen atoms in total. The Morgan fingerprint density at radius 3 is 2.45 bits per heavy atom. The lowest BCUT2D eigenvalue weighted by molar-refractivity contribution is 0.0987. The van der Waals surface area contributed by atoms with E-state index in [1.165, 1.54) is 6.33 Å². The van der Waals surface area contributed by atoms with E-state index in [1.54, 1.807) is 67.8 Å². The first kappa shape index (κ1) is 21.9. The summed E-state index contributed by atoms with van der Waals surface area (Å²) in [6, 6.07) is 16.7. The zero-order chi connectivity index (χ0) is 23.4. The molecule has 3 aromatic carbocycles. The van der Waals surface area contributed by atoms with Gasteiger partial charge in [0.25, 0.3) is 5.91 Å². The second kappa shape index (κ2) is 9.44. The van der Waals surface area contributed by atoms with Crippen molar-refractivity contribution in [1.29, 1.82) is 0 Å². The lowest BCUT2D eigenvalue weighted by atomic mass is 10.0. The molecule has 3 N–H and O–H groups in total. The second-order valence-corrected chi connectivity index (χ2v) is 7.36. The molecule has 4 aromatic rings. The first-order valence-electron chi connectivity index (χ1n) is 10.2. The second-order valence-electron chi connectivity index (χ2n) is 7.36. The number of nitrogens with two attached hydrogens (primary N) is 1. The summed E-state index contributed by atoms with van der Waals surface area (Å²) in [5.74, 6) is -0.149. The number of ketones is 1. The fourth-order valence-electron chi connectivity index (χ4n) is 3.56. The molecule has 0 atom stereocenters. The normalized spacial score (nSPS) is 10.7. The van der Waals surface area contributed by atoms with Gasteiger partial charge in [-0.2, -0.15) is 0 Å². The van der Waals surface area contributed by atoms with E-state index < -0.39 is 11.7 Å².